The molecule has 5 heteroatoms. The van der Waals surface area contributed by atoms with Crippen molar-refractivity contribution in [1.82, 2.24) is 14.5 Å². The maximum absolute atomic E-state index is 12.9. The van der Waals surface area contributed by atoms with Crippen molar-refractivity contribution in [1.29, 1.82) is 0 Å². The van der Waals surface area contributed by atoms with Crippen LogP contribution < -0.4 is 11.1 Å². The smallest absolute Gasteiger partial charge is 0.316 e. The van der Waals surface area contributed by atoms with Crippen LogP contribution in [0.2, 0.25) is 0 Å². The molecule has 3 aliphatic carbocycles. The molecule has 2 aliphatic heterocycles. The molecule has 3 heterocycles. The molecule has 32 heavy (non-hydrogen) atoms. The number of aromatic nitrogens is 2. The van der Waals surface area contributed by atoms with Gasteiger partial charge in [0, 0.05) is 18.1 Å². The van der Waals surface area contributed by atoms with Gasteiger partial charge in [-0.05, 0) is 93.2 Å². The van der Waals surface area contributed by atoms with Crippen LogP contribution in [0.25, 0.3) is 11.0 Å². The standard InChI is InChI=1S/C27H37N3O2/c1-27(2)18-11-10-17(22(27)14-18)12-13-29-19-6-5-7-20(29)16-21(15-19)30-24-9-4-3-8-23(24)28-25(31)26(30)32/h3-4,8-9,17-22H,5-7,10-16H2,1-2H3,(H,28,31). The minimum atomic E-state index is -0.491. The number of hydrogen-bond donors (Lipinski definition) is 1. The quantitative estimate of drug-likeness (QED) is 0.708. The van der Waals surface area contributed by atoms with Crippen LogP contribution in [-0.2, 0) is 0 Å². The average Bonchev–Trinajstić information content (AvgIpc) is 2.78. The molecule has 5 atom stereocenters. The summed E-state index contributed by atoms with van der Waals surface area (Å²) in [6.07, 6.45) is 11.4. The lowest BCUT2D eigenvalue weighted by Crippen LogP contribution is -2.56. The average molecular weight is 436 g/mol. The first-order chi connectivity index (χ1) is 15.4. The second-order valence-electron chi connectivity index (χ2n) is 11.7. The fraction of sp³-hybridized carbons (Fsp3) is 0.704. The van der Waals surface area contributed by atoms with Gasteiger partial charge in [0.15, 0.2) is 0 Å². The Labute approximate surface area is 190 Å². The monoisotopic (exact) mass is 435 g/mol. The van der Waals surface area contributed by atoms with E-state index in [0.29, 0.717) is 17.5 Å². The molecule has 5 fully saturated rings. The molecule has 5 aliphatic rings. The molecule has 1 aromatic heterocycles. The van der Waals surface area contributed by atoms with E-state index in [-0.39, 0.29) is 11.6 Å². The first-order valence-corrected chi connectivity index (χ1v) is 12.9. The lowest BCUT2D eigenvalue weighted by atomic mass is 9.45. The van der Waals surface area contributed by atoms with Gasteiger partial charge in [0.1, 0.15) is 0 Å². The van der Waals surface area contributed by atoms with Gasteiger partial charge in [-0.3, -0.25) is 19.1 Å². The number of nitrogens with zero attached hydrogens (tertiary/aromatic N) is 2. The molecule has 5 nitrogen and oxygen atoms in total. The third-order valence-corrected chi connectivity index (χ3v) is 10.1. The van der Waals surface area contributed by atoms with Gasteiger partial charge in [-0.2, -0.15) is 0 Å². The lowest BCUT2D eigenvalue weighted by Gasteiger charge is -2.60. The largest absolute Gasteiger partial charge is 0.316 e. The van der Waals surface area contributed by atoms with E-state index in [9.17, 15) is 9.59 Å². The topological polar surface area (TPSA) is 58.1 Å². The Kier molecular flexibility index (Phi) is 4.90. The number of benzene rings is 1. The molecule has 2 aromatic rings. The normalized spacial score (nSPS) is 36.1. The maximum Gasteiger partial charge on any atom is 0.316 e. The number of para-hydroxylation sites is 2. The Morgan fingerprint density at radius 3 is 2.44 bits per heavy atom. The highest BCUT2D eigenvalue weighted by molar-refractivity contribution is 5.74. The van der Waals surface area contributed by atoms with Crippen molar-refractivity contribution >= 4 is 11.0 Å². The number of aromatic amines is 1. The first-order valence-electron chi connectivity index (χ1n) is 12.9. The highest BCUT2D eigenvalue weighted by atomic mass is 16.2. The molecule has 0 radical (unpaired) electrons. The van der Waals surface area contributed by atoms with Crippen molar-refractivity contribution in [2.24, 2.45) is 23.2 Å². The number of rotatable bonds is 4. The maximum atomic E-state index is 12.9. The second-order valence-corrected chi connectivity index (χ2v) is 11.7. The minimum Gasteiger partial charge on any atom is -0.316 e. The van der Waals surface area contributed by atoms with E-state index in [4.69, 9.17) is 0 Å². The van der Waals surface area contributed by atoms with Gasteiger partial charge in [-0.1, -0.05) is 32.4 Å². The van der Waals surface area contributed by atoms with E-state index < -0.39 is 5.56 Å². The Bertz CT molecular complexity index is 1120. The van der Waals surface area contributed by atoms with Crippen molar-refractivity contribution in [3.8, 4) is 0 Å². The van der Waals surface area contributed by atoms with Crippen LogP contribution in [0.5, 0.6) is 0 Å². The zero-order valence-electron chi connectivity index (χ0n) is 19.6. The predicted molar refractivity (Wildman–Crippen MR) is 128 cm³/mol. The third-order valence-electron chi connectivity index (χ3n) is 10.1. The van der Waals surface area contributed by atoms with Crippen LogP contribution in [-0.4, -0.2) is 33.1 Å². The summed E-state index contributed by atoms with van der Waals surface area (Å²) in [5.41, 5.74) is 1.33. The van der Waals surface area contributed by atoms with Crippen LogP contribution in [0.3, 0.4) is 0 Å². The zero-order chi connectivity index (χ0) is 22.0. The summed E-state index contributed by atoms with van der Waals surface area (Å²) >= 11 is 0. The van der Waals surface area contributed by atoms with Crippen LogP contribution >= 0.6 is 0 Å². The summed E-state index contributed by atoms with van der Waals surface area (Å²) in [7, 11) is 0. The molecular formula is C27H37N3O2. The number of fused-ring (bicyclic) bond motifs is 5. The third kappa shape index (κ3) is 3.14. The summed E-state index contributed by atoms with van der Waals surface area (Å²) in [6.45, 7) is 6.22. The van der Waals surface area contributed by atoms with Crippen molar-refractivity contribution in [2.75, 3.05) is 6.54 Å². The van der Waals surface area contributed by atoms with E-state index in [0.717, 1.165) is 41.6 Å². The van der Waals surface area contributed by atoms with Gasteiger partial charge < -0.3 is 4.98 Å². The first kappa shape index (κ1) is 20.7. The summed E-state index contributed by atoms with van der Waals surface area (Å²) < 4.78 is 1.83. The second kappa shape index (κ2) is 7.58. The van der Waals surface area contributed by atoms with Crippen LogP contribution in [0.4, 0.5) is 0 Å². The highest BCUT2D eigenvalue weighted by Crippen LogP contribution is 2.62. The Balaban J connectivity index is 1.22. The molecular weight excluding hydrogens is 398 g/mol. The van der Waals surface area contributed by atoms with Crippen LogP contribution in [0.1, 0.15) is 77.7 Å². The van der Waals surface area contributed by atoms with Crippen molar-refractivity contribution in [3.05, 3.63) is 45.0 Å². The summed E-state index contributed by atoms with van der Waals surface area (Å²) in [6, 6.07) is 8.98. The van der Waals surface area contributed by atoms with Crippen molar-refractivity contribution in [2.45, 2.75) is 89.8 Å². The van der Waals surface area contributed by atoms with E-state index in [1.165, 1.54) is 51.5 Å². The molecule has 2 saturated heterocycles. The van der Waals surface area contributed by atoms with E-state index in [2.05, 4.69) is 23.7 Å². The number of piperidine rings is 2. The van der Waals surface area contributed by atoms with Gasteiger partial charge in [-0.25, -0.2) is 0 Å². The molecule has 172 valence electrons. The van der Waals surface area contributed by atoms with Gasteiger partial charge in [0.05, 0.1) is 11.0 Å². The number of nitrogens with one attached hydrogen (secondary N) is 1. The summed E-state index contributed by atoms with van der Waals surface area (Å²) in [5.74, 6) is 2.80. The number of hydrogen-bond acceptors (Lipinski definition) is 3. The van der Waals surface area contributed by atoms with Crippen LogP contribution in [0.15, 0.2) is 33.9 Å². The van der Waals surface area contributed by atoms with Gasteiger partial charge in [-0.15, -0.1) is 0 Å². The van der Waals surface area contributed by atoms with Crippen molar-refractivity contribution < 1.29 is 0 Å². The van der Waals surface area contributed by atoms with Crippen molar-refractivity contribution in [3.63, 3.8) is 0 Å². The molecule has 3 saturated carbocycles. The molecule has 7 rings (SSSR count). The molecule has 5 unspecified atom stereocenters. The zero-order valence-corrected chi connectivity index (χ0v) is 19.6. The SMILES string of the molecule is CC1(C)C2CCC(CCN3C4CCCC3CC(n3c(=O)c(=O)[nH]c5ccccc53)C4)C1C2. The fourth-order valence-electron chi connectivity index (χ4n) is 8.20. The van der Waals surface area contributed by atoms with E-state index >= 15 is 0 Å². The summed E-state index contributed by atoms with van der Waals surface area (Å²) in [4.78, 5) is 30.9. The fourth-order valence-corrected chi connectivity index (χ4v) is 8.20. The minimum absolute atomic E-state index is 0.127. The van der Waals surface area contributed by atoms with Gasteiger partial charge in [0.2, 0.25) is 0 Å². The Morgan fingerprint density at radius 1 is 0.969 bits per heavy atom. The molecule has 1 aromatic carbocycles. The van der Waals surface area contributed by atoms with E-state index in [1.807, 2.05) is 28.8 Å². The Morgan fingerprint density at radius 2 is 1.72 bits per heavy atom. The molecule has 0 spiro atoms. The summed E-state index contributed by atoms with van der Waals surface area (Å²) in [5, 5.41) is 0. The Hall–Kier alpha value is -1.88. The molecule has 4 bridgehead atoms. The van der Waals surface area contributed by atoms with E-state index in [1.54, 1.807) is 0 Å². The lowest BCUT2D eigenvalue weighted by molar-refractivity contribution is -0.111. The predicted octanol–water partition coefficient (Wildman–Crippen LogP) is 4.71. The van der Waals surface area contributed by atoms with Gasteiger partial charge in [0.25, 0.3) is 0 Å². The molecule has 0 amide bonds. The highest BCUT2D eigenvalue weighted by Gasteiger charge is 2.54. The molecule has 1 N–H and O–H groups in total. The van der Waals surface area contributed by atoms with Gasteiger partial charge >= 0.3 is 11.1 Å². The number of H-pyrrole nitrogens is 1. The van der Waals surface area contributed by atoms with Crippen LogP contribution in [0, 0.1) is 23.2 Å².